The number of ether oxygens (including phenoxy) is 1. The first-order valence-electron chi connectivity index (χ1n) is 11.0. The number of aromatic amines is 1. The quantitative estimate of drug-likeness (QED) is 0.404. The molecule has 0 saturated carbocycles. The highest BCUT2D eigenvalue weighted by molar-refractivity contribution is 5.96. The zero-order valence-electron chi connectivity index (χ0n) is 19.9. The second-order valence-electron chi connectivity index (χ2n) is 9.05. The summed E-state index contributed by atoms with van der Waals surface area (Å²) in [7, 11) is 1.58. The van der Waals surface area contributed by atoms with Gasteiger partial charge in [0, 0.05) is 28.7 Å². The number of amides is 1. The molecular formula is C27H31N3O4. The molecular weight excluding hydrogens is 430 g/mol. The van der Waals surface area contributed by atoms with Crippen molar-refractivity contribution in [3.8, 4) is 5.75 Å². The lowest BCUT2D eigenvalue weighted by Crippen LogP contribution is -2.32. The molecule has 0 radical (unpaired) electrons. The minimum absolute atomic E-state index is 0.0115. The molecule has 0 bridgehead atoms. The number of nitrogens with one attached hydrogen (secondary N) is 3. The first kappa shape index (κ1) is 24.8. The first-order valence-corrected chi connectivity index (χ1v) is 11.0. The maximum Gasteiger partial charge on any atom is 0.253 e. The van der Waals surface area contributed by atoms with Gasteiger partial charge in [-0.05, 0) is 46.9 Å². The SMILES string of the molecule is C=C(NC(C(=O)Nc1ccc(C(C)(C)C)cc1)c1ccc(OC)cc1)c1c[nH]c(=O)c(CO)c1. The van der Waals surface area contributed by atoms with Crippen molar-refractivity contribution >= 4 is 17.3 Å². The number of aliphatic hydroxyl groups is 1. The highest BCUT2D eigenvalue weighted by atomic mass is 16.5. The maximum absolute atomic E-state index is 13.3. The molecule has 0 aliphatic rings. The molecule has 178 valence electrons. The largest absolute Gasteiger partial charge is 0.497 e. The van der Waals surface area contributed by atoms with Crippen LogP contribution in [0.25, 0.3) is 5.70 Å². The Morgan fingerprint density at radius 1 is 1.12 bits per heavy atom. The maximum atomic E-state index is 13.3. The van der Waals surface area contributed by atoms with Crippen molar-refractivity contribution in [2.45, 2.75) is 38.8 Å². The van der Waals surface area contributed by atoms with E-state index >= 15 is 0 Å². The molecule has 3 rings (SSSR count). The minimum atomic E-state index is -0.773. The molecule has 0 aliphatic carbocycles. The summed E-state index contributed by atoms with van der Waals surface area (Å²) in [4.78, 5) is 27.7. The number of anilines is 1. The van der Waals surface area contributed by atoms with Crippen LogP contribution < -0.4 is 20.9 Å². The van der Waals surface area contributed by atoms with Gasteiger partial charge in [-0.1, -0.05) is 51.6 Å². The molecule has 2 aromatic carbocycles. The Balaban J connectivity index is 1.87. The van der Waals surface area contributed by atoms with E-state index < -0.39 is 12.6 Å². The van der Waals surface area contributed by atoms with Crippen molar-refractivity contribution < 1.29 is 14.6 Å². The van der Waals surface area contributed by atoms with Crippen molar-refractivity contribution in [1.29, 1.82) is 0 Å². The van der Waals surface area contributed by atoms with E-state index in [4.69, 9.17) is 4.74 Å². The number of methoxy groups -OCH3 is 1. The molecule has 1 amide bonds. The number of hydrogen-bond donors (Lipinski definition) is 4. The van der Waals surface area contributed by atoms with E-state index in [9.17, 15) is 14.7 Å². The van der Waals surface area contributed by atoms with Crippen LogP contribution in [0.2, 0.25) is 0 Å². The van der Waals surface area contributed by atoms with Crippen LogP contribution in [0.3, 0.4) is 0 Å². The predicted molar refractivity (Wildman–Crippen MR) is 135 cm³/mol. The van der Waals surface area contributed by atoms with E-state index in [2.05, 4.69) is 43.0 Å². The normalized spacial score (nSPS) is 12.0. The van der Waals surface area contributed by atoms with Gasteiger partial charge in [0.25, 0.3) is 11.5 Å². The highest BCUT2D eigenvalue weighted by Gasteiger charge is 2.22. The Labute approximate surface area is 199 Å². The van der Waals surface area contributed by atoms with Gasteiger partial charge < -0.3 is 25.5 Å². The van der Waals surface area contributed by atoms with Gasteiger partial charge in [0.1, 0.15) is 11.8 Å². The lowest BCUT2D eigenvalue weighted by molar-refractivity contribution is -0.118. The number of carbonyl (C=O) groups is 1. The average Bonchev–Trinajstić information content (AvgIpc) is 2.82. The van der Waals surface area contributed by atoms with Gasteiger partial charge in [0.05, 0.1) is 13.7 Å². The summed E-state index contributed by atoms with van der Waals surface area (Å²) in [5.41, 5.74) is 3.38. The van der Waals surface area contributed by atoms with E-state index in [1.54, 1.807) is 37.4 Å². The highest BCUT2D eigenvalue weighted by Crippen LogP contribution is 2.25. The fraction of sp³-hybridized carbons (Fsp3) is 0.259. The lowest BCUT2D eigenvalue weighted by atomic mass is 9.87. The topological polar surface area (TPSA) is 103 Å². The third kappa shape index (κ3) is 5.94. The monoisotopic (exact) mass is 461 g/mol. The molecule has 0 aliphatic heterocycles. The molecule has 0 spiro atoms. The van der Waals surface area contributed by atoms with Crippen molar-refractivity contribution in [2.24, 2.45) is 0 Å². The van der Waals surface area contributed by atoms with Crippen LogP contribution >= 0.6 is 0 Å². The number of carbonyl (C=O) groups excluding carboxylic acids is 1. The van der Waals surface area contributed by atoms with Gasteiger partial charge in [-0.2, -0.15) is 0 Å². The second kappa shape index (κ2) is 10.4. The summed E-state index contributed by atoms with van der Waals surface area (Å²) in [6.07, 6.45) is 1.49. The van der Waals surface area contributed by atoms with Gasteiger partial charge in [-0.15, -0.1) is 0 Å². The fourth-order valence-electron chi connectivity index (χ4n) is 3.44. The van der Waals surface area contributed by atoms with E-state index in [1.807, 2.05) is 24.3 Å². The van der Waals surface area contributed by atoms with Crippen LogP contribution in [0.15, 0.2) is 72.2 Å². The molecule has 0 saturated heterocycles. The predicted octanol–water partition coefficient (Wildman–Crippen LogP) is 4.11. The fourth-order valence-corrected chi connectivity index (χ4v) is 3.44. The van der Waals surface area contributed by atoms with Crippen LogP contribution in [-0.2, 0) is 16.8 Å². The Hall–Kier alpha value is -3.84. The summed E-state index contributed by atoms with van der Waals surface area (Å²) < 4.78 is 5.23. The molecule has 1 heterocycles. The van der Waals surface area contributed by atoms with E-state index in [1.165, 1.54) is 11.8 Å². The summed E-state index contributed by atoms with van der Waals surface area (Å²) in [6.45, 7) is 10.0. The van der Waals surface area contributed by atoms with E-state index in [0.29, 0.717) is 28.3 Å². The van der Waals surface area contributed by atoms with Gasteiger partial charge in [-0.25, -0.2) is 0 Å². The van der Waals surface area contributed by atoms with Crippen LogP contribution in [-0.4, -0.2) is 23.1 Å². The minimum Gasteiger partial charge on any atom is -0.497 e. The molecule has 1 atom stereocenters. The molecule has 3 aromatic rings. The summed E-state index contributed by atoms with van der Waals surface area (Å²) in [5, 5.41) is 15.5. The average molecular weight is 462 g/mol. The van der Waals surface area contributed by atoms with Gasteiger partial charge in [0.15, 0.2) is 0 Å². The van der Waals surface area contributed by atoms with Crippen molar-refractivity contribution in [3.63, 3.8) is 0 Å². The molecule has 1 aromatic heterocycles. The molecule has 7 heteroatoms. The summed E-state index contributed by atoms with van der Waals surface area (Å²) in [6, 6.07) is 15.7. The third-order valence-electron chi connectivity index (χ3n) is 5.55. The van der Waals surface area contributed by atoms with E-state index in [-0.39, 0.29) is 22.4 Å². The Morgan fingerprint density at radius 3 is 2.32 bits per heavy atom. The number of rotatable bonds is 8. The third-order valence-corrected chi connectivity index (χ3v) is 5.55. The van der Waals surface area contributed by atoms with Crippen LogP contribution in [0.5, 0.6) is 5.75 Å². The Bertz CT molecular complexity index is 1210. The number of aromatic nitrogens is 1. The van der Waals surface area contributed by atoms with E-state index in [0.717, 1.165) is 0 Å². The molecule has 34 heavy (non-hydrogen) atoms. The van der Waals surface area contributed by atoms with Crippen molar-refractivity contribution in [2.75, 3.05) is 12.4 Å². The van der Waals surface area contributed by atoms with Gasteiger partial charge >= 0.3 is 0 Å². The van der Waals surface area contributed by atoms with Crippen molar-refractivity contribution in [3.05, 3.63) is 100.0 Å². The summed E-state index contributed by atoms with van der Waals surface area (Å²) >= 11 is 0. The van der Waals surface area contributed by atoms with Crippen LogP contribution in [0.1, 0.15) is 49.1 Å². The number of pyridine rings is 1. The number of aliphatic hydroxyl groups excluding tert-OH is 1. The second-order valence-corrected chi connectivity index (χ2v) is 9.05. The van der Waals surface area contributed by atoms with Gasteiger partial charge in [-0.3, -0.25) is 9.59 Å². The number of benzene rings is 2. The standard InChI is InChI=1S/C27H31N3O4/c1-17(19-14-20(16-31)25(32)28-15-19)29-24(18-6-12-23(34-5)13-7-18)26(33)30-22-10-8-21(9-11-22)27(2,3)4/h6-15,24,29,31H,1,16H2,2-5H3,(H,28,32)(H,30,33). The zero-order valence-corrected chi connectivity index (χ0v) is 19.9. The van der Waals surface area contributed by atoms with Crippen LogP contribution in [0.4, 0.5) is 5.69 Å². The Kier molecular flexibility index (Phi) is 7.58. The molecule has 1 unspecified atom stereocenters. The van der Waals surface area contributed by atoms with Crippen molar-refractivity contribution in [1.82, 2.24) is 10.3 Å². The molecule has 4 N–H and O–H groups in total. The molecule has 0 fully saturated rings. The smallest absolute Gasteiger partial charge is 0.253 e. The first-order chi connectivity index (χ1) is 16.1. The van der Waals surface area contributed by atoms with Gasteiger partial charge in [0.2, 0.25) is 0 Å². The Morgan fingerprint density at radius 2 is 1.76 bits per heavy atom. The summed E-state index contributed by atoms with van der Waals surface area (Å²) in [5.74, 6) is 0.398. The number of H-pyrrole nitrogens is 1. The zero-order chi connectivity index (χ0) is 24.9. The van der Waals surface area contributed by atoms with Crippen LogP contribution in [0, 0.1) is 0 Å². The number of hydrogen-bond acceptors (Lipinski definition) is 5. The molecule has 7 nitrogen and oxygen atoms in total. The lowest BCUT2D eigenvalue weighted by Gasteiger charge is -2.23.